The fourth-order valence-corrected chi connectivity index (χ4v) is 3.06. The van der Waals surface area contributed by atoms with Gasteiger partial charge in [0.1, 0.15) is 0 Å². The van der Waals surface area contributed by atoms with Crippen LogP contribution in [0.1, 0.15) is 49.1 Å². The highest BCUT2D eigenvalue weighted by atomic mass is 15.1. The van der Waals surface area contributed by atoms with Gasteiger partial charge in [-0.1, -0.05) is 6.42 Å². The Kier molecular flexibility index (Phi) is 2.09. The molecule has 0 bridgehead atoms. The number of rotatable bonds is 2. The molecule has 0 amide bonds. The van der Waals surface area contributed by atoms with Gasteiger partial charge in [-0.3, -0.25) is 5.10 Å². The summed E-state index contributed by atoms with van der Waals surface area (Å²) in [7, 11) is 0. The van der Waals surface area contributed by atoms with Crippen molar-refractivity contribution in [2.24, 2.45) is 5.73 Å². The molecule has 3 nitrogen and oxygen atoms in total. The third-order valence-electron chi connectivity index (χ3n) is 4.26. The molecule has 2 aliphatic carbocycles. The molecule has 82 valence electrons. The van der Waals surface area contributed by atoms with E-state index in [0.717, 1.165) is 6.54 Å². The molecule has 3 heteroatoms. The van der Waals surface area contributed by atoms with Crippen LogP contribution < -0.4 is 5.73 Å². The second-order valence-corrected chi connectivity index (χ2v) is 5.07. The Balaban J connectivity index is 2.00. The van der Waals surface area contributed by atoms with E-state index in [4.69, 9.17) is 5.73 Å². The third kappa shape index (κ3) is 1.26. The minimum absolute atomic E-state index is 0.238. The predicted molar refractivity (Wildman–Crippen MR) is 59.8 cm³/mol. The van der Waals surface area contributed by atoms with Crippen LogP contribution in [-0.4, -0.2) is 16.7 Å². The van der Waals surface area contributed by atoms with Crippen molar-refractivity contribution in [2.45, 2.75) is 50.4 Å². The first-order valence-corrected chi connectivity index (χ1v) is 6.12. The topological polar surface area (TPSA) is 54.7 Å². The van der Waals surface area contributed by atoms with Crippen LogP contribution in [0.3, 0.4) is 0 Å². The zero-order valence-corrected chi connectivity index (χ0v) is 9.18. The van der Waals surface area contributed by atoms with E-state index in [1.807, 2.05) is 0 Å². The molecule has 1 saturated carbocycles. The molecule has 0 spiro atoms. The summed E-state index contributed by atoms with van der Waals surface area (Å²) in [6.07, 6.45) is 8.82. The van der Waals surface area contributed by atoms with Gasteiger partial charge in [-0.15, -0.1) is 0 Å². The minimum Gasteiger partial charge on any atom is -0.330 e. The van der Waals surface area contributed by atoms with Crippen LogP contribution in [-0.2, 0) is 18.3 Å². The molecule has 0 radical (unpaired) electrons. The van der Waals surface area contributed by atoms with Crippen molar-refractivity contribution in [1.82, 2.24) is 10.2 Å². The van der Waals surface area contributed by atoms with Gasteiger partial charge in [-0.2, -0.15) is 5.10 Å². The largest absolute Gasteiger partial charge is 0.330 e. The van der Waals surface area contributed by atoms with Crippen molar-refractivity contribution in [3.8, 4) is 0 Å². The van der Waals surface area contributed by atoms with Gasteiger partial charge in [0.2, 0.25) is 0 Å². The lowest BCUT2D eigenvalue weighted by Gasteiger charge is -2.40. The third-order valence-corrected chi connectivity index (χ3v) is 4.26. The summed E-state index contributed by atoms with van der Waals surface area (Å²) in [4.78, 5) is 0. The summed E-state index contributed by atoms with van der Waals surface area (Å²) in [6.45, 7) is 0.768. The van der Waals surface area contributed by atoms with E-state index < -0.39 is 0 Å². The molecule has 1 fully saturated rings. The molecule has 0 saturated heterocycles. The van der Waals surface area contributed by atoms with E-state index >= 15 is 0 Å². The number of aromatic amines is 1. The summed E-state index contributed by atoms with van der Waals surface area (Å²) in [5.41, 5.74) is 10.4. The van der Waals surface area contributed by atoms with E-state index in [1.54, 1.807) is 0 Å². The number of nitrogens with zero attached hydrogens (tertiary/aromatic N) is 1. The van der Waals surface area contributed by atoms with Gasteiger partial charge in [0.05, 0.1) is 5.69 Å². The number of hydrogen-bond acceptors (Lipinski definition) is 2. The second kappa shape index (κ2) is 3.34. The molecular formula is C12H19N3. The molecule has 0 atom stereocenters. The van der Waals surface area contributed by atoms with Crippen LogP contribution in [0.15, 0.2) is 0 Å². The van der Waals surface area contributed by atoms with E-state index in [-0.39, 0.29) is 5.41 Å². The Morgan fingerprint density at radius 2 is 2.00 bits per heavy atom. The maximum absolute atomic E-state index is 5.94. The van der Waals surface area contributed by atoms with Crippen LogP contribution in [0, 0.1) is 0 Å². The average Bonchev–Trinajstić information content (AvgIpc) is 2.62. The van der Waals surface area contributed by atoms with E-state index in [0.29, 0.717) is 0 Å². The standard InChI is InChI=1S/C12H19N3/c13-8-12(6-3-7-12)11-9-4-1-2-5-10(9)14-15-11/h1-8,13H2,(H,14,15). The highest BCUT2D eigenvalue weighted by Crippen LogP contribution is 2.44. The van der Waals surface area contributed by atoms with Gasteiger partial charge in [0.15, 0.2) is 0 Å². The number of nitrogens with two attached hydrogens (primary N) is 1. The number of aromatic nitrogens is 2. The first-order valence-electron chi connectivity index (χ1n) is 6.12. The minimum atomic E-state index is 0.238. The number of fused-ring (bicyclic) bond motifs is 1. The lowest BCUT2D eigenvalue weighted by molar-refractivity contribution is 0.243. The Morgan fingerprint density at radius 3 is 2.67 bits per heavy atom. The first kappa shape index (κ1) is 9.40. The highest BCUT2D eigenvalue weighted by molar-refractivity contribution is 5.35. The number of nitrogens with one attached hydrogen (secondary N) is 1. The van der Waals surface area contributed by atoms with Crippen molar-refractivity contribution in [3.63, 3.8) is 0 Å². The lowest BCUT2D eigenvalue weighted by Crippen LogP contribution is -2.42. The maximum Gasteiger partial charge on any atom is 0.0731 e. The Morgan fingerprint density at radius 1 is 1.20 bits per heavy atom. The zero-order chi connectivity index (χ0) is 10.3. The second-order valence-electron chi connectivity index (χ2n) is 5.07. The van der Waals surface area contributed by atoms with Crippen molar-refractivity contribution >= 4 is 0 Å². The summed E-state index contributed by atoms with van der Waals surface area (Å²) < 4.78 is 0. The molecule has 15 heavy (non-hydrogen) atoms. The normalized spacial score (nSPS) is 23.3. The number of hydrogen-bond donors (Lipinski definition) is 2. The quantitative estimate of drug-likeness (QED) is 0.771. The molecule has 2 aliphatic rings. The van der Waals surface area contributed by atoms with Crippen molar-refractivity contribution in [3.05, 3.63) is 17.0 Å². The van der Waals surface area contributed by atoms with Gasteiger partial charge in [0, 0.05) is 17.7 Å². The van der Waals surface area contributed by atoms with Gasteiger partial charge in [-0.25, -0.2) is 0 Å². The summed E-state index contributed by atoms with van der Waals surface area (Å²) >= 11 is 0. The van der Waals surface area contributed by atoms with Gasteiger partial charge >= 0.3 is 0 Å². The highest BCUT2D eigenvalue weighted by Gasteiger charge is 2.41. The first-order chi connectivity index (χ1) is 7.36. The Bertz CT molecular complexity index is 357. The SMILES string of the molecule is NCC1(c2n[nH]c3c2CCCC3)CCC1. The van der Waals surface area contributed by atoms with Gasteiger partial charge in [-0.05, 0) is 44.1 Å². The summed E-state index contributed by atoms with van der Waals surface area (Å²) in [6, 6.07) is 0. The van der Waals surface area contributed by atoms with Gasteiger partial charge in [0.25, 0.3) is 0 Å². The molecule has 0 aliphatic heterocycles. The summed E-state index contributed by atoms with van der Waals surface area (Å²) in [5, 5.41) is 7.79. The lowest BCUT2D eigenvalue weighted by atomic mass is 9.65. The van der Waals surface area contributed by atoms with Crippen molar-refractivity contribution < 1.29 is 0 Å². The van der Waals surface area contributed by atoms with Crippen LogP contribution in [0.2, 0.25) is 0 Å². The van der Waals surface area contributed by atoms with E-state index in [2.05, 4.69) is 10.2 Å². The monoisotopic (exact) mass is 205 g/mol. The number of aryl methyl sites for hydroxylation is 1. The van der Waals surface area contributed by atoms with Crippen molar-refractivity contribution in [1.29, 1.82) is 0 Å². The number of H-pyrrole nitrogens is 1. The molecule has 1 aromatic heterocycles. The zero-order valence-electron chi connectivity index (χ0n) is 9.18. The smallest absolute Gasteiger partial charge is 0.0731 e. The van der Waals surface area contributed by atoms with Crippen LogP contribution in [0.5, 0.6) is 0 Å². The molecule has 0 unspecified atom stereocenters. The van der Waals surface area contributed by atoms with Gasteiger partial charge < -0.3 is 5.73 Å². The Hall–Kier alpha value is -0.830. The fourth-order valence-electron chi connectivity index (χ4n) is 3.06. The molecule has 1 heterocycles. The van der Waals surface area contributed by atoms with E-state index in [1.165, 1.54) is 61.9 Å². The predicted octanol–water partition coefficient (Wildman–Crippen LogP) is 1.67. The molecular weight excluding hydrogens is 186 g/mol. The summed E-state index contributed by atoms with van der Waals surface area (Å²) in [5.74, 6) is 0. The van der Waals surface area contributed by atoms with Crippen molar-refractivity contribution in [2.75, 3.05) is 6.54 Å². The Labute approximate surface area is 90.4 Å². The van der Waals surface area contributed by atoms with Crippen LogP contribution in [0.4, 0.5) is 0 Å². The van der Waals surface area contributed by atoms with E-state index in [9.17, 15) is 0 Å². The average molecular weight is 205 g/mol. The molecule has 3 N–H and O–H groups in total. The molecule has 0 aromatic carbocycles. The fraction of sp³-hybridized carbons (Fsp3) is 0.750. The molecule has 3 rings (SSSR count). The maximum atomic E-state index is 5.94. The van der Waals surface area contributed by atoms with Crippen LogP contribution in [0.25, 0.3) is 0 Å². The van der Waals surface area contributed by atoms with Crippen LogP contribution >= 0.6 is 0 Å². The molecule has 1 aromatic rings.